The molecule has 1 aromatic carbocycles. The van der Waals surface area contributed by atoms with E-state index in [1.54, 1.807) is 31.2 Å². The van der Waals surface area contributed by atoms with Crippen LogP contribution < -0.4 is 0 Å². The van der Waals surface area contributed by atoms with Gasteiger partial charge in [0.25, 0.3) is 0 Å². The van der Waals surface area contributed by atoms with Gasteiger partial charge >= 0.3 is 5.97 Å². The molecular weight excluding hydrogens is 315 g/mol. The Labute approximate surface area is 117 Å². The van der Waals surface area contributed by atoms with Crippen molar-refractivity contribution >= 4 is 21.9 Å². The lowest BCUT2D eigenvalue weighted by atomic mass is 10.1. The Hall–Kier alpha value is -1.82. The molecule has 0 aliphatic rings. The van der Waals surface area contributed by atoms with E-state index in [4.69, 9.17) is 4.74 Å². The van der Waals surface area contributed by atoms with Gasteiger partial charge in [0.05, 0.1) is 6.61 Å². The number of carbonyl (C=O) groups excluding carboxylic acids is 1. The van der Waals surface area contributed by atoms with Crippen LogP contribution in [0.3, 0.4) is 0 Å². The molecule has 0 saturated carbocycles. The molecule has 0 N–H and O–H groups in total. The number of halogens is 2. The maximum Gasteiger partial charge on any atom is 0.360 e. The largest absolute Gasteiger partial charge is 0.461 e. The molecule has 6 heteroatoms. The van der Waals surface area contributed by atoms with E-state index in [1.165, 1.54) is 0 Å². The van der Waals surface area contributed by atoms with Gasteiger partial charge in [0.15, 0.2) is 11.5 Å². The Kier molecular flexibility index (Phi) is 4.21. The van der Waals surface area contributed by atoms with E-state index in [1.807, 2.05) is 0 Å². The Balaban J connectivity index is 2.45. The van der Waals surface area contributed by atoms with Crippen LogP contribution in [-0.4, -0.2) is 22.5 Å². The van der Waals surface area contributed by atoms with Gasteiger partial charge < -0.3 is 4.74 Å². The van der Waals surface area contributed by atoms with Gasteiger partial charge in [0.2, 0.25) is 0 Å². The lowest BCUT2D eigenvalue weighted by Gasteiger charge is -2.06. The van der Waals surface area contributed by atoms with E-state index in [2.05, 4.69) is 25.9 Å². The quantitative estimate of drug-likeness (QED) is 0.813. The van der Waals surface area contributed by atoms with Crippen molar-refractivity contribution in [3.63, 3.8) is 0 Å². The number of carbonyl (C=O) groups is 1. The second-order valence-corrected chi connectivity index (χ2v) is 4.53. The van der Waals surface area contributed by atoms with Crippen molar-refractivity contribution in [2.24, 2.45) is 0 Å². The molecule has 0 bridgehead atoms. The van der Waals surface area contributed by atoms with Crippen LogP contribution in [-0.2, 0) is 4.74 Å². The van der Waals surface area contributed by atoms with Gasteiger partial charge in [0, 0.05) is 10.0 Å². The number of hydrogen-bond donors (Lipinski definition) is 0. The summed E-state index contributed by atoms with van der Waals surface area (Å²) in [6, 6.07) is 6.93. The highest BCUT2D eigenvalue weighted by molar-refractivity contribution is 9.10. The van der Waals surface area contributed by atoms with Crippen LogP contribution >= 0.6 is 15.9 Å². The highest BCUT2D eigenvalue weighted by Crippen LogP contribution is 2.23. The van der Waals surface area contributed by atoms with Gasteiger partial charge in [-0.25, -0.2) is 19.2 Å². The maximum absolute atomic E-state index is 14.2. The standard InChI is InChI=1S/C13H10BrFN2O2/c1-2-19-13(18)12-10(15)11(16-7-17-12)8-3-5-9(14)6-4-8/h3-7H,2H2,1H3. The molecule has 98 valence electrons. The van der Waals surface area contributed by atoms with Gasteiger partial charge in [-0.1, -0.05) is 28.1 Å². The fourth-order valence-corrected chi connectivity index (χ4v) is 1.78. The summed E-state index contributed by atoms with van der Waals surface area (Å²) in [6.45, 7) is 1.81. The van der Waals surface area contributed by atoms with E-state index in [0.717, 1.165) is 10.8 Å². The average molecular weight is 325 g/mol. The summed E-state index contributed by atoms with van der Waals surface area (Å²) < 4.78 is 19.8. The fourth-order valence-electron chi connectivity index (χ4n) is 1.52. The van der Waals surface area contributed by atoms with E-state index >= 15 is 0 Å². The van der Waals surface area contributed by atoms with E-state index in [9.17, 15) is 9.18 Å². The summed E-state index contributed by atoms with van der Waals surface area (Å²) in [5, 5.41) is 0. The smallest absolute Gasteiger partial charge is 0.360 e. The third-order valence-electron chi connectivity index (χ3n) is 2.38. The molecule has 2 aromatic rings. The highest BCUT2D eigenvalue weighted by atomic mass is 79.9. The third kappa shape index (κ3) is 2.96. The van der Waals surface area contributed by atoms with E-state index in [-0.39, 0.29) is 18.0 Å². The van der Waals surface area contributed by atoms with Crippen molar-refractivity contribution in [3.8, 4) is 11.3 Å². The van der Waals surface area contributed by atoms with Crippen LogP contribution in [0.5, 0.6) is 0 Å². The zero-order valence-corrected chi connectivity index (χ0v) is 11.6. The third-order valence-corrected chi connectivity index (χ3v) is 2.90. The Morgan fingerprint density at radius 3 is 2.63 bits per heavy atom. The number of ether oxygens (including phenoxy) is 1. The molecule has 0 spiro atoms. The first kappa shape index (κ1) is 13.6. The first-order valence-electron chi connectivity index (χ1n) is 5.57. The summed E-state index contributed by atoms with van der Waals surface area (Å²) >= 11 is 3.29. The first-order chi connectivity index (χ1) is 9.13. The molecule has 0 aliphatic carbocycles. The zero-order valence-electron chi connectivity index (χ0n) is 10.1. The van der Waals surface area contributed by atoms with Crippen molar-refractivity contribution in [2.45, 2.75) is 6.92 Å². The number of hydrogen-bond acceptors (Lipinski definition) is 4. The second kappa shape index (κ2) is 5.88. The Morgan fingerprint density at radius 2 is 2.00 bits per heavy atom. The monoisotopic (exact) mass is 324 g/mol. The molecule has 1 aromatic heterocycles. The lowest BCUT2D eigenvalue weighted by Crippen LogP contribution is -2.11. The Bertz CT molecular complexity index is 602. The molecule has 0 radical (unpaired) electrons. The molecule has 4 nitrogen and oxygen atoms in total. The number of nitrogens with zero attached hydrogens (tertiary/aromatic N) is 2. The molecule has 0 aliphatic heterocycles. The molecule has 2 rings (SSSR count). The summed E-state index contributed by atoms with van der Waals surface area (Å²) in [5.41, 5.74) is 0.286. The molecule has 0 fully saturated rings. The Morgan fingerprint density at radius 1 is 1.32 bits per heavy atom. The number of esters is 1. The van der Waals surface area contributed by atoms with Gasteiger partial charge in [-0.3, -0.25) is 0 Å². The van der Waals surface area contributed by atoms with Crippen molar-refractivity contribution in [1.29, 1.82) is 0 Å². The molecule has 19 heavy (non-hydrogen) atoms. The normalized spacial score (nSPS) is 10.3. The van der Waals surface area contributed by atoms with Crippen LogP contribution in [0.1, 0.15) is 17.4 Å². The van der Waals surface area contributed by atoms with Gasteiger partial charge in [-0.05, 0) is 19.1 Å². The average Bonchev–Trinajstić information content (AvgIpc) is 2.40. The van der Waals surface area contributed by atoms with Crippen LogP contribution in [0.25, 0.3) is 11.3 Å². The minimum atomic E-state index is -0.791. The van der Waals surface area contributed by atoms with Crippen molar-refractivity contribution < 1.29 is 13.9 Å². The van der Waals surface area contributed by atoms with E-state index in [0.29, 0.717) is 5.56 Å². The summed E-state index contributed by atoms with van der Waals surface area (Å²) in [6.07, 6.45) is 1.15. The van der Waals surface area contributed by atoms with Crippen molar-refractivity contribution in [1.82, 2.24) is 9.97 Å². The summed E-state index contributed by atoms with van der Waals surface area (Å²) in [7, 11) is 0. The van der Waals surface area contributed by atoms with Gasteiger partial charge in [0.1, 0.15) is 12.0 Å². The number of benzene rings is 1. The summed E-state index contributed by atoms with van der Waals surface area (Å²) in [4.78, 5) is 19.0. The molecule has 0 unspecified atom stereocenters. The van der Waals surface area contributed by atoms with Crippen LogP contribution in [0.15, 0.2) is 35.1 Å². The first-order valence-corrected chi connectivity index (χ1v) is 6.36. The van der Waals surface area contributed by atoms with Crippen LogP contribution in [0, 0.1) is 5.82 Å². The molecular formula is C13H10BrFN2O2. The highest BCUT2D eigenvalue weighted by Gasteiger charge is 2.19. The maximum atomic E-state index is 14.2. The molecule has 0 saturated heterocycles. The minimum absolute atomic E-state index is 0.0746. The summed E-state index contributed by atoms with van der Waals surface area (Å²) in [5.74, 6) is -1.57. The second-order valence-electron chi connectivity index (χ2n) is 3.61. The number of aromatic nitrogens is 2. The van der Waals surface area contributed by atoms with Crippen molar-refractivity contribution in [2.75, 3.05) is 6.61 Å². The van der Waals surface area contributed by atoms with Crippen LogP contribution in [0.4, 0.5) is 4.39 Å². The van der Waals surface area contributed by atoms with Crippen molar-refractivity contribution in [3.05, 3.63) is 46.6 Å². The predicted octanol–water partition coefficient (Wildman–Crippen LogP) is 3.22. The lowest BCUT2D eigenvalue weighted by molar-refractivity contribution is 0.0513. The molecule has 1 heterocycles. The minimum Gasteiger partial charge on any atom is -0.461 e. The fraction of sp³-hybridized carbons (Fsp3) is 0.154. The zero-order chi connectivity index (χ0) is 13.8. The SMILES string of the molecule is CCOC(=O)c1ncnc(-c2ccc(Br)cc2)c1F. The molecule has 0 amide bonds. The van der Waals surface area contributed by atoms with Crippen LogP contribution in [0.2, 0.25) is 0 Å². The molecule has 0 atom stereocenters. The van der Waals surface area contributed by atoms with E-state index < -0.39 is 11.8 Å². The number of rotatable bonds is 3. The predicted molar refractivity (Wildman–Crippen MR) is 71.1 cm³/mol. The van der Waals surface area contributed by atoms with Gasteiger partial charge in [-0.15, -0.1) is 0 Å². The topological polar surface area (TPSA) is 52.1 Å². The van der Waals surface area contributed by atoms with Gasteiger partial charge in [-0.2, -0.15) is 0 Å².